The maximum absolute atomic E-state index is 12.6. The topological polar surface area (TPSA) is 59.1 Å². The highest BCUT2D eigenvalue weighted by Gasteiger charge is 2.40. The van der Waals surface area contributed by atoms with Crippen LogP contribution < -0.4 is 9.64 Å². The normalized spacial score (nSPS) is 16.0. The van der Waals surface area contributed by atoms with E-state index in [0.29, 0.717) is 11.4 Å². The first-order valence-electron chi connectivity index (χ1n) is 7.18. The lowest BCUT2D eigenvalue weighted by Gasteiger charge is -2.39. The highest BCUT2D eigenvalue weighted by atomic mass is 16.7. The molecule has 2 rings (SSSR count). The fourth-order valence-electron chi connectivity index (χ4n) is 2.37. The van der Waals surface area contributed by atoms with Crippen molar-refractivity contribution in [3.63, 3.8) is 0 Å². The second kappa shape index (κ2) is 5.96. The van der Waals surface area contributed by atoms with Crippen LogP contribution in [0.25, 0.3) is 0 Å². The number of aryl methyl sites for hydroxylation is 1. The van der Waals surface area contributed by atoms with E-state index in [1.807, 2.05) is 25.1 Å². The van der Waals surface area contributed by atoms with Crippen molar-refractivity contribution in [1.82, 2.24) is 5.06 Å². The molecule has 120 valence electrons. The number of anilines is 1. The lowest BCUT2D eigenvalue weighted by Crippen LogP contribution is -2.53. The molecule has 6 heteroatoms. The van der Waals surface area contributed by atoms with E-state index in [2.05, 4.69) is 0 Å². The Morgan fingerprint density at radius 1 is 1.41 bits per heavy atom. The van der Waals surface area contributed by atoms with Gasteiger partial charge in [0.15, 0.2) is 5.60 Å². The Balaban J connectivity index is 2.27. The first-order valence-corrected chi connectivity index (χ1v) is 7.18. The van der Waals surface area contributed by atoms with E-state index in [-0.39, 0.29) is 24.8 Å². The molecule has 0 atom stereocenters. The molecule has 0 saturated carbocycles. The third-order valence-electron chi connectivity index (χ3n) is 3.70. The number of carbonyl (C=O) groups is 2. The summed E-state index contributed by atoms with van der Waals surface area (Å²) in [5.74, 6) is 0.315. The molecule has 1 aliphatic rings. The minimum Gasteiger partial charge on any atom is -0.476 e. The van der Waals surface area contributed by atoms with Crippen molar-refractivity contribution in [3.05, 3.63) is 23.8 Å². The molecular weight excluding hydrogens is 284 g/mol. The summed E-state index contributed by atoms with van der Waals surface area (Å²) >= 11 is 0. The Hall–Kier alpha value is -2.08. The van der Waals surface area contributed by atoms with E-state index in [9.17, 15) is 9.59 Å². The standard InChI is InChI=1S/C16H22N2O4/c1-11-6-7-13-12(10-11)18(15(20)16(2,3)22-13)9-8-14(19)17(4)21-5/h6-7,10H,8-9H2,1-5H3. The van der Waals surface area contributed by atoms with Crippen molar-refractivity contribution in [1.29, 1.82) is 0 Å². The fraction of sp³-hybridized carbons (Fsp3) is 0.500. The molecule has 0 aliphatic carbocycles. The number of benzene rings is 1. The van der Waals surface area contributed by atoms with Crippen LogP contribution in [0.1, 0.15) is 25.8 Å². The SMILES string of the molecule is CON(C)C(=O)CCN1C(=O)C(C)(C)Oc2ccc(C)cc21. The van der Waals surface area contributed by atoms with Gasteiger partial charge in [-0.1, -0.05) is 6.07 Å². The van der Waals surface area contributed by atoms with Crippen molar-refractivity contribution in [2.45, 2.75) is 32.8 Å². The molecule has 6 nitrogen and oxygen atoms in total. The molecule has 0 aromatic heterocycles. The highest BCUT2D eigenvalue weighted by molar-refractivity contribution is 6.02. The van der Waals surface area contributed by atoms with Gasteiger partial charge < -0.3 is 9.64 Å². The second-order valence-corrected chi connectivity index (χ2v) is 5.86. The molecule has 22 heavy (non-hydrogen) atoms. The number of fused-ring (bicyclic) bond motifs is 1. The molecule has 0 fully saturated rings. The van der Waals surface area contributed by atoms with E-state index in [4.69, 9.17) is 9.57 Å². The van der Waals surface area contributed by atoms with Gasteiger partial charge >= 0.3 is 0 Å². The van der Waals surface area contributed by atoms with Crippen LogP contribution in [0, 0.1) is 6.92 Å². The van der Waals surface area contributed by atoms with Gasteiger partial charge in [-0.25, -0.2) is 5.06 Å². The Morgan fingerprint density at radius 3 is 2.73 bits per heavy atom. The van der Waals surface area contributed by atoms with Gasteiger partial charge in [0.1, 0.15) is 5.75 Å². The summed E-state index contributed by atoms with van der Waals surface area (Å²) in [4.78, 5) is 31.0. The molecule has 0 radical (unpaired) electrons. The summed E-state index contributed by atoms with van der Waals surface area (Å²) in [6.45, 7) is 5.70. The molecule has 1 aliphatic heterocycles. The van der Waals surface area contributed by atoms with Crippen LogP contribution in [-0.2, 0) is 14.4 Å². The van der Waals surface area contributed by atoms with E-state index < -0.39 is 5.60 Å². The molecule has 0 unspecified atom stereocenters. The van der Waals surface area contributed by atoms with E-state index in [0.717, 1.165) is 10.6 Å². The number of amides is 2. The van der Waals surface area contributed by atoms with Crippen LogP contribution in [0.4, 0.5) is 5.69 Å². The van der Waals surface area contributed by atoms with Crippen molar-refractivity contribution in [2.75, 3.05) is 25.6 Å². The maximum atomic E-state index is 12.6. The zero-order valence-corrected chi connectivity index (χ0v) is 13.7. The highest BCUT2D eigenvalue weighted by Crippen LogP contribution is 2.38. The molecule has 1 aromatic carbocycles. The zero-order valence-electron chi connectivity index (χ0n) is 13.7. The van der Waals surface area contributed by atoms with Crippen LogP contribution in [0.5, 0.6) is 5.75 Å². The Labute approximate surface area is 130 Å². The van der Waals surface area contributed by atoms with Gasteiger partial charge in [-0.05, 0) is 38.5 Å². The number of hydrogen-bond donors (Lipinski definition) is 0. The Bertz CT molecular complexity index is 598. The predicted octanol–water partition coefficient (Wildman–Crippen LogP) is 1.91. The quantitative estimate of drug-likeness (QED) is 0.797. The number of rotatable bonds is 4. The molecule has 2 amide bonds. The average Bonchev–Trinajstić information content (AvgIpc) is 2.47. The fourth-order valence-corrected chi connectivity index (χ4v) is 2.37. The number of carbonyl (C=O) groups excluding carboxylic acids is 2. The summed E-state index contributed by atoms with van der Waals surface area (Å²) in [5.41, 5.74) is 0.788. The van der Waals surface area contributed by atoms with Gasteiger partial charge in [-0.15, -0.1) is 0 Å². The molecule has 1 heterocycles. The van der Waals surface area contributed by atoms with Gasteiger partial charge in [0.05, 0.1) is 12.8 Å². The second-order valence-electron chi connectivity index (χ2n) is 5.86. The third-order valence-corrected chi connectivity index (χ3v) is 3.70. The summed E-state index contributed by atoms with van der Waals surface area (Å²) in [6, 6.07) is 5.69. The number of hydrogen-bond acceptors (Lipinski definition) is 4. The molecule has 1 aromatic rings. The zero-order chi connectivity index (χ0) is 16.5. The van der Waals surface area contributed by atoms with Crippen molar-refractivity contribution >= 4 is 17.5 Å². The summed E-state index contributed by atoms with van der Waals surface area (Å²) in [6.07, 6.45) is 0.180. The number of nitrogens with zero attached hydrogens (tertiary/aromatic N) is 2. The van der Waals surface area contributed by atoms with Gasteiger partial charge in [-0.3, -0.25) is 14.4 Å². The van der Waals surface area contributed by atoms with Crippen LogP contribution in [0.3, 0.4) is 0 Å². The maximum Gasteiger partial charge on any atom is 0.270 e. The summed E-state index contributed by atoms with van der Waals surface area (Å²) in [5, 5.41) is 1.16. The van der Waals surface area contributed by atoms with Gasteiger partial charge in [0.25, 0.3) is 5.91 Å². The van der Waals surface area contributed by atoms with Crippen molar-refractivity contribution in [3.8, 4) is 5.75 Å². The molecule has 0 bridgehead atoms. The van der Waals surface area contributed by atoms with Crippen LogP contribution in [0.15, 0.2) is 18.2 Å². The van der Waals surface area contributed by atoms with Crippen molar-refractivity contribution in [2.24, 2.45) is 0 Å². The smallest absolute Gasteiger partial charge is 0.270 e. The summed E-state index contributed by atoms with van der Waals surface area (Å²) in [7, 11) is 2.98. The Kier molecular flexibility index (Phi) is 4.42. The van der Waals surface area contributed by atoms with E-state index in [1.54, 1.807) is 25.8 Å². The minimum atomic E-state index is -0.946. The van der Waals surface area contributed by atoms with Gasteiger partial charge in [-0.2, -0.15) is 0 Å². The van der Waals surface area contributed by atoms with Gasteiger partial charge in [0.2, 0.25) is 5.91 Å². The average molecular weight is 306 g/mol. The van der Waals surface area contributed by atoms with Crippen LogP contribution >= 0.6 is 0 Å². The number of ether oxygens (including phenoxy) is 1. The largest absolute Gasteiger partial charge is 0.476 e. The first kappa shape index (κ1) is 16.3. The molecule has 0 spiro atoms. The minimum absolute atomic E-state index is 0.154. The third kappa shape index (κ3) is 3.06. The lowest BCUT2D eigenvalue weighted by atomic mass is 10.0. The molecule has 0 saturated heterocycles. The number of hydroxylamine groups is 2. The lowest BCUT2D eigenvalue weighted by molar-refractivity contribution is -0.168. The van der Waals surface area contributed by atoms with Gasteiger partial charge in [0, 0.05) is 20.0 Å². The Morgan fingerprint density at radius 2 is 2.09 bits per heavy atom. The first-order chi connectivity index (χ1) is 10.3. The van der Waals surface area contributed by atoms with Crippen LogP contribution in [0.2, 0.25) is 0 Å². The van der Waals surface area contributed by atoms with E-state index in [1.165, 1.54) is 7.11 Å². The predicted molar refractivity (Wildman–Crippen MR) is 82.6 cm³/mol. The van der Waals surface area contributed by atoms with Crippen LogP contribution in [-0.4, -0.2) is 43.2 Å². The van der Waals surface area contributed by atoms with E-state index >= 15 is 0 Å². The monoisotopic (exact) mass is 306 g/mol. The van der Waals surface area contributed by atoms with Crippen molar-refractivity contribution < 1.29 is 19.2 Å². The molecular formula is C16H22N2O4. The summed E-state index contributed by atoms with van der Waals surface area (Å²) < 4.78 is 5.78. The molecule has 0 N–H and O–H groups in total.